The van der Waals surface area contributed by atoms with Crippen molar-refractivity contribution in [2.45, 2.75) is 33.1 Å². The van der Waals surface area contributed by atoms with E-state index in [1.54, 1.807) is 0 Å². The molecule has 0 saturated carbocycles. The second-order valence-electron chi connectivity index (χ2n) is 11.7. The molecule has 0 bridgehead atoms. The molecule has 0 unspecified atom stereocenters. The standard InChI is InChI=1S/C41H34/c1-27-5-11-31(12-6-27)33-15-19-35(20-16-33)41(36-21-17-34(18-22-36)32-13-7-28(2)8-14-32)39-25-29(3)9-23-37(39)38-24-10-30(4)26-40(38)41/h5-26H,1-4H3. The largest absolute Gasteiger partial charge is 0.0713 e. The minimum atomic E-state index is -0.402. The van der Waals surface area contributed by atoms with Crippen molar-refractivity contribution in [2.75, 3.05) is 0 Å². The van der Waals surface area contributed by atoms with Crippen LogP contribution in [0.25, 0.3) is 33.4 Å². The minimum absolute atomic E-state index is 0.402. The van der Waals surface area contributed by atoms with Crippen LogP contribution >= 0.6 is 0 Å². The number of aryl methyl sites for hydroxylation is 4. The summed E-state index contributed by atoms with van der Waals surface area (Å²) in [4.78, 5) is 0. The van der Waals surface area contributed by atoms with Gasteiger partial charge in [0.25, 0.3) is 0 Å². The van der Waals surface area contributed by atoms with Crippen LogP contribution in [0.15, 0.2) is 133 Å². The molecule has 0 radical (unpaired) electrons. The first kappa shape index (κ1) is 25.3. The first-order valence-electron chi connectivity index (χ1n) is 14.5. The van der Waals surface area contributed by atoms with Crippen molar-refractivity contribution in [1.82, 2.24) is 0 Å². The van der Waals surface area contributed by atoms with Gasteiger partial charge in [0.15, 0.2) is 0 Å². The average Bonchev–Trinajstić information content (AvgIpc) is 3.27. The van der Waals surface area contributed by atoms with Crippen molar-refractivity contribution in [2.24, 2.45) is 0 Å². The molecule has 0 N–H and O–H groups in total. The Bertz CT molecular complexity index is 1730. The van der Waals surface area contributed by atoms with E-state index in [0.29, 0.717) is 0 Å². The van der Waals surface area contributed by atoms with E-state index < -0.39 is 5.41 Å². The maximum atomic E-state index is 2.41. The molecule has 0 nitrogen and oxygen atoms in total. The molecule has 0 aliphatic heterocycles. The first-order chi connectivity index (χ1) is 19.9. The van der Waals surface area contributed by atoms with Crippen LogP contribution in [0.5, 0.6) is 0 Å². The summed E-state index contributed by atoms with van der Waals surface area (Å²) >= 11 is 0. The summed E-state index contributed by atoms with van der Waals surface area (Å²) in [6, 6.07) is 50.2. The second kappa shape index (κ2) is 9.75. The number of fused-ring (bicyclic) bond motifs is 3. The summed E-state index contributed by atoms with van der Waals surface area (Å²) in [5.74, 6) is 0. The van der Waals surface area contributed by atoms with Gasteiger partial charge in [-0.2, -0.15) is 0 Å². The highest BCUT2D eigenvalue weighted by Gasteiger charge is 2.46. The van der Waals surface area contributed by atoms with Gasteiger partial charge in [-0.25, -0.2) is 0 Å². The van der Waals surface area contributed by atoms with Crippen molar-refractivity contribution in [3.8, 4) is 33.4 Å². The molecule has 0 spiro atoms. The molecule has 6 aromatic rings. The number of rotatable bonds is 4. The van der Waals surface area contributed by atoms with Gasteiger partial charge in [-0.3, -0.25) is 0 Å². The van der Waals surface area contributed by atoms with Gasteiger partial charge < -0.3 is 0 Å². The van der Waals surface area contributed by atoms with Gasteiger partial charge in [0.1, 0.15) is 0 Å². The fraction of sp³-hybridized carbons (Fsp3) is 0.122. The van der Waals surface area contributed by atoms with Crippen LogP contribution in [0.3, 0.4) is 0 Å². The minimum Gasteiger partial charge on any atom is -0.0587 e. The van der Waals surface area contributed by atoms with Gasteiger partial charge in [-0.15, -0.1) is 0 Å². The van der Waals surface area contributed by atoms with Crippen LogP contribution in [0, 0.1) is 27.7 Å². The summed E-state index contributed by atoms with van der Waals surface area (Å²) in [6.45, 7) is 8.69. The van der Waals surface area contributed by atoms with Gasteiger partial charge >= 0.3 is 0 Å². The van der Waals surface area contributed by atoms with Crippen LogP contribution in [-0.4, -0.2) is 0 Å². The number of hydrogen-bond acceptors (Lipinski definition) is 0. The molecule has 1 aliphatic rings. The van der Waals surface area contributed by atoms with Crippen LogP contribution in [0.4, 0.5) is 0 Å². The van der Waals surface area contributed by atoms with Gasteiger partial charge in [-0.05, 0) is 83.3 Å². The Kier molecular flexibility index (Phi) is 6.02. The molecule has 7 rings (SSSR count). The highest BCUT2D eigenvalue weighted by atomic mass is 14.5. The lowest BCUT2D eigenvalue weighted by Crippen LogP contribution is -2.28. The summed E-state index contributed by atoms with van der Waals surface area (Å²) in [5.41, 5.74) is 17.7. The summed E-state index contributed by atoms with van der Waals surface area (Å²) in [7, 11) is 0. The van der Waals surface area contributed by atoms with E-state index in [-0.39, 0.29) is 0 Å². The fourth-order valence-corrected chi connectivity index (χ4v) is 6.66. The lowest BCUT2D eigenvalue weighted by atomic mass is 9.67. The Morgan fingerprint density at radius 2 is 0.610 bits per heavy atom. The van der Waals surface area contributed by atoms with Crippen molar-refractivity contribution in [3.05, 3.63) is 178 Å². The van der Waals surface area contributed by atoms with Crippen molar-refractivity contribution >= 4 is 0 Å². The Morgan fingerprint density at radius 1 is 0.317 bits per heavy atom. The monoisotopic (exact) mass is 526 g/mol. The quantitative estimate of drug-likeness (QED) is 0.214. The molecule has 1 aliphatic carbocycles. The van der Waals surface area contributed by atoms with E-state index in [1.807, 2.05) is 0 Å². The van der Waals surface area contributed by atoms with E-state index in [4.69, 9.17) is 0 Å². The van der Waals surface area contributed by atoms with Gasteiger partial charge in [0, 0.05) is 0 Å². The lowest BCUT2D eigenvalue weighted by molar-refractivity contribution is 0.767. The van der Waals surface area contributed by atoms with E-state index >= 15 is 0 Å². The molecule has 0 fully saturated rings. The normalized spacial score (nSPS) is 13.1. The second-order valence-corrected chi connectivity index (χ2v) is 11.7. The van der Waals surface area contributed by atoms with Crippen molar-refractivity contribution in [1.29, 1.82) is 0 Å². The zero-order chi connectivity index (χ0) is 28.1. The Labute approximate surface area is 244 Å². The van der Waals surface area contributed by atoms with E-state index in [2.05, 4.69) is 161 Å². The molecular formula is C41H34. The van der Waals surface area contributed by atoms with Gasteiger partial charge in [0.2, 0.25) is 0 Å². The first-order valence-corrected chi connectivity index (χ1v) is 14.5. The highest BCUT2D eigenvalue weighted by Crippen LogP contribution is 2.56. The molecule has 0 heterocycles. The molecule has 0 atom stereocenters. The topological polar surface area (TPSA) is 0 Å². The molecule has 6 aromatic carbocycles. The molecule has 0 amide bonds. The molecule has 0 aromatic heterocycles. The van der Waals surface area contributed by atoms with Gasteiger partial charge in [0.05, 0.1) is 5.41 Å². The van der Waals surface area contributed by atoms with Crippen LogP contribution in [0.2, 0.25) is 0 Å². The summed E-state index contributed by atoms with van der Waals surface area (Å²) < 4.78 is 0. The lowest BCUT2D eigenvalue weighted by Gasteiger charge is -2.34. The predicted molar refractivity (Wildman–Crippen MR) is 174 cm³/mol. The van der Waals surface area contributed by atoms with Crippen LogP contribution in [-0.2, 0) is 5.41 Å². The summed E-state index contributed by atoms with van der Waals surface area (Å²) in [6.07, 6.45) is 0. The smallest absolute Gasteiger partial charge is 0.0587 e. The zero-order valence-corrected chi connectivity index (χ0v) is 24.2. The maximum Gasteiger partial charge on any atom is 0.0713 e. The number of benzene rings is 6. The molecule has 0 saturated heterocycles. The SMILES string of the molecule is Cc1ccc(-c2ccc(C3(c4ccc(-c5ccc(C)cc5)cc4)c4cc(C)ccc4-c4ccc(C)cc43)cc2)cc1. The van der Waals surface area contributed by atoms with E-state index in [1.165, 1.54) is 77.9 Å². The highest BCUT2D eigenvalue weighted by molar-refractivity contribution is 5.87. The fourth-order valence-electron chi connectivity index (χ4n) is 6.66. The van der Waals surface area contributed by atoms with Crippen LogP contribution in [0.1, 0.15) is 44.5 Å². The molecule has 0 heteroatoms. The van der Waals surface area contributed by atoms with E-state index in [9.17, 15) is 0 Å². The average molecular weight is 527 g/mol. The predicted octanol–water partition coefficient (Wildman–Crippen LogP) is 10.6. The number of hydrogen-bond donors (Lipinski definition) is 0. The Balaban J connectivity index is 1.47. The Morgan fingerprint density at radius 3 is 0.951 bits per heavy atom. The molecular weight excluding hydrogens is 492 g/mol. The van der Waals surface area contributed by atoms with Crippen molar-refractivity contribution < 1.29 is 0 Å². The van der Waals surface area contributed by atoms with Gasteiger partial charge in [-0.1, -0.05) is 156 Å². The van der Waals surface area contributed by atoms with Crippen LogP contribution < -0.4 is 0 Å². The Hall–Kier alpha value is -4.68. The van der Waals surface area contributed by atoms with E-state index in [0.717, 1.165) is 0 Å². The molecule has 41 heavy (non-hydrogen) atoms. The van der Waals surface area contributed by atoms with Crippen molar-refractivity contribution in [3.63, 3.8) is 0 Å². The third kappa shape index (κ3) is 4.14. The third-order valence-electron chi connectivity index (χ3n) is 8.85. The summed E-state index contributed by atoms with van der Waals surface area (Å²) in [5, 5.41) is 0. The third-order valence-corrected chi connectivity index (χ3v) is 8.85. The molecule has 198 valence electrons. The zero-order valence-electron chi connectivity index (χ0n) is 24.2. The maximum absolute atomic E-state index is 2.41.